The summed E-state index contributed by atoms with van der Waals surface area (Å²) in [5, 5.41) is 13.6. The fourth-order valence-electron chi connectivity index (χ4n) is 0. The maximum Gasteiger partial charge on any atom is 1.00 e. The molecule has 0 saturated carbocycles. The molecular formula is HClNNaO5. The molecule has 0 heterocycles. The van der Waals surface area contributed by atoms with E-state index in [1.54, 1.807) is 0 Å². The zero-order valence-electron chi connectivity index (χ0n) is 3.91. The molecule has 0 amide bonds. The molecule has 0 fully saturated rings. The standard InChI is InChI=1S/ClO2.HNO3.Na/c2-1-3;2-1(3)4;/h;(H,2,3,4);/q-1;;+1. The summed E-state index contributed by atoms with van der Waals surface area (Å²) >= 11 is -0.417. The number of nitrogens with zero attached hydrogens (tertiary/aromatic N) is 1. The van der Waals surface area contributed by atoms with Crippen molar-refractivity contribution in [2.75, 3.05) is 0 Å². The van der Waals surface area contributed by atoms with Crippen LogP contribution in [0.3, 0.4) is 0 Å². The van der Waals surface area contributed by atoms with Crippen molar-refractivity contribution in [3.05, 3.63) is 10.1 Å². The van der Waals surface area contributed by atoms with E-state index in [-0.39, 0.29) is 29.6 Å². The van der Waals surface area contributed by atoms with Crippen LogP contribution in [0, 0.1) is 21.4 Å². The molecule has 0 radical (unpaired) electrons. The second-order valence-electron chi connectivity index (χ2n) is 0.301. The molecule has 0 aliphatic rings. The van der Waals surface area contributed by atoms with Crippen LogP contribution < -0.4 is 38.9 Å². The molecule has 0 bridgehead atoms. The summed E-state index contributed by atoms with van der Waals surface area (Å²) < 4.78 is 16.5. The summed E-state index contributed by atoms with van der Waals surface area (Å²) in [5.74, 6) is 0. The van der Waals surface area contributed by atoms with Gasteiger partial charge in [-0.05, 0) is 0 Å². The van der Waals surface area contributed by atoms with Gasteiger partial charge in [0.2, 0.25) is 0 Å². The average molecular weight is 153 g/mol. The summed E-state index contributed by atoms with van der Waals surface area (Å²) in [5.41, 5.74) is 0. The Morgan fingerprint density at radius 3 is 1.50 bits per heavy atom. The van der Waals surface area contributed by atoms with Crippen molar-refractivity contribution in [2.24, 2.45) is 0 Å². The molecule has 0 rings (SSSR count). The predicted octanol–water partition coefficient (Wildman–Crippen LogP) is -5.72. The summed E-state index contributed by atoms with van der Waals surface area (Å²) in [6, 6.07) is 0. The van der Waals surface area contributed by atoms with Crippen LogP contribution >= 0.6 is 0 Å². The van der Waals surface area contributed by atoms with E-state index in [1.165, 1.54) is 0 Å². The van der Waals surface area contributed by atoms with Crippen molar-refractivity contribution in [2.45, 2.75) is 0 Å². The van der Waals surface area contributed by atoms with Gasteiger partial charge in [-0.1, -0.05) is 0 Å². The van der Waals surface area contributed by atoms with Gasteiger partial charge < -0.3 is 14.5 Å². The van der Waals surface area contributed by atoms with Crippen LogP contribution in [0.15, 0.2) is 0 Å². The molecule has 8 heteroatoms. The SMILES string of the molecule is O=[N+]([O-])O.[Na+].[O-][Cl+][O-]. The van der Waals surface area contributed by atoms with Crippen LogP contribution in [0.1, 0.15) is 0 Å². The van der Waals surface area contributed by atoms with E-state index in [0.717, 1.165) is 0 Å². The Labute approximate surface area is 70.6 Å². The van der Waals surface area contributed by atoms with Crippen molar-refractivity contribution in [1.82, 2.24) is 0 Å². The van der Waals surface area contributed by atoms with Gasteiger partial charge in [-0.15, -0.1) is 10.1 Å². The maximum atomic E-state index is 8.36. The quantitative estimate of drug-likeness (QED) is 0.212. The van der Waals surface area contributed by atoms with Gasteiger partial charge >= 0.3 is 29.6 Å². The molecular weight excluding hydrogens is 152 g/mol. The van der Waals surface area contributed by atoms with Crippen molar-refractivity contribution in [3.63, 3.8) is 0 Å². The molecule has 0 spiro atoms. The third kappa shape index (κ3) is 1120. The Morgan fingerprint density at radius 1 is 1.50 bits per heavy atom. The van der Waals surface area contributed by atoms with E-state index < -0.39 is 16.4 Å². The molecule has 0 aromatic rings. The first-order valence-corrected chi connectivity index (χ1v) is 1.49. The van der Waals surface area contributed by atoms with E-state index in [2.05, 4.69) is 0 Å². The van der Waals surface area contributed by atoms with E-state index in [0.29, 0.717) is 0 Å². The van der Waals surface area contributed by atoms with Gasteiger partial charge in [0.25, 0.3) is 5.09 Å². The molecule has 1 N–H and O–H groups in total. The van der Waals surface area contributed by atoms with Crippen molar-refractivity contribution < 1.29 is 60.5 Å². The Hall–Kier alpha value is 0.410. The summed E-state index contributed by atoms with van der Waals surface area (Å²) in [6.07, 6.45) is 0. The second kappa shape index (κ2) is 15.7. The number of halogens is 1. The molecule has 8 heavy (non-hydrogen) atoms. The maximum absolute atomic E-state index is 8.36. The number of rotatable bonds is 0. The topological polar surface area (TPSA) is 109 Å². The van der Waals surface area contributed by atoms with Crippen molar-refractivity contribution >= 4 is 0 Å². The predicted molar refractivity (Wildman–Crippen MR) is 8.78 cm³/mol. The zero-order chi connectivity index (χ0) is 6.28. The molecule has 0 aromatic carbocycles. The first-order chi connectivity index (χ1) is 3.15. The van der Waals surface area contributed by atoms with Crippen LogP contribution in [-0.2, 0) is 0 Å². The minimum Gasteiger partial charge on any atom is -0.544 e. The summed E-state index contributed by atoms with van der Waals surface area (Å²) in [4.78, 5) is 8.36. The van der Waals surface area contributed by atoms with Crippen LogP contribution in [0.2, 0.25) is 0 Å². The normalized spacial score (nSPS) is 5.25. The Morgan fingerprint density at radius 2 is 1.50 bits per heavy atom. The van der Waals surface area contributed by atoms with Crippen LogP contribution in [0.25, 0.3) is 0 Å². The van der Waals surface area contributed by atoms with Gasteiger partial charge in [0, 0.05) is 0 Å². The molecule has 0 unspecified atom stereocenters. The number of hydrogen-bond donors (Lipinski definition) is 1. The summed E-state index contributed by atoms with van der Waals surface area (Å²) in [6.45, 7) is 0. The van der Waals surface area contributed by atoms with Gasteiger partial charge in [0.15, 0.2) is 0 Å². The first kappa shape index (κ1) is 15.8. The third-order valence-corrected chi connectivity index (χ3v) is 0. The van der Waals surface area contributed by atoms with Gasteiger partial charge in [0.05, 0.1) is 11.3 Å². The number of hydrogen-bond acceptors (Lipinski definition) is 4. The fraction of sp³-hybridized carbons (Fsp3) is 0. The average Bonchev–Trinajstić information content (AvgIpc) is 1.33. The van der Waals surface area contributed by atoms with Gasteiger partial charge in [-0.2, -0.15) is 0 Å². The van der Waals surface area contributed by atoms with E-state index in [4.69, 9.17) is 24.6 Å². The van der Waals surface area contributed by atoms with E-state index in [1.807, 2.05) is 0 Å². The molecule has 0 atom stereocenters. The minimum atomic E-state index is -1.50. The van der Waals surface area contributed by atoms with E-state index >= 15 is 0 Å². The van der Waals surface area contributed by atoms with Gasteiger partial charge in [0.1, 0.15) is 0 Å². The monoisotopic (exact) mass is 153 g/mol. The Kier molecular flexibility index (Phi) is 30.9. The third-order valence-electron chi connectivity index (χ3n) is 0. The van der Waals surface area contributed by atoms with Crippen LogP contribution in [0.5, 0.6) is 0 Å². The van der Waals surface area contributed by atoms with Crippen molar-refractivity contribution in [1.29, 1.82) is 0 Å². The molecule has 0 aliphatic carbocycles. The first-order valence-electron chi connectivity index (χ1n) is 0.874. The van der Waals surface area contributed by atoms with Crippen LogP contribution in [-0.4, -0.2) is 10.3 Å². The van der Waals surface area contributed by atoms with Crippen LogP contribution in [0.4, 0.5) is 0 Å². The Balaban J connectivity index is -0.0000000575. The van der Waals surface area contributed by atoms with Gasteiger partial charge in [-0.25, -0.2) is 0 Å². The molecule has 6 nitrogen and oxygen atoms in total. The van der Waals surface area contributed by atoms with Gasteiger partial charge in [-0.3, -0.25) is 0 Å². The molecule has 44 valence electrons. The fourth-order valence-corrected chi connectivity index (χ4v) is 0. The smallest absolute Gasteiger partial charge is 0.544 e. The van der Waals surface area contributed by atoms with Crippen molar-refractivity contribution in [3.8, 4) is 0 Å². The molecule has 0 aliphatic heterocycles. The van der Waals surface area contributed by atoms with E-state index in [9.17, 15) is 0 Å². The largest absolute Gasteiger partial charge is 1.00 e. The second-order valence-corrected chi connectivity index (χ2v) is 0.427. The molecule has 0 saturated heterocycles. The zero-order valence-corrected chi connectivity index (χ0v) is 6.66. The minimum absolute atomic E-state index is 0. The Bertz CT molecular complexity index is 43.7. The summed E-state index contributed by atoms with van der Waals surface area (Å²) in [7, 11) is 0. The molecule has 0 aromatic heterocycles.